The van der Waals surface area contributed by atoms with Crippen LogP contribution in [-0.2, 0) is 0 Å². The van der Waals surface area contributed by atoms with Gasteiger partial charge in [0.2, 0.25) is 0 Å². The van der Waals surface area contributed by atoms with Gasteiger partial charge >= 0.3 is 0 Å². The van der Waals surface area contributed by atoms with Crippen LogP contribution in [0.15, 0.2) is 18.3 Å². The van der Waals surface area contributed by atoms with Crippen LogP contribution in [0, 0.1) is 5.92 Å². The highest BCUT2D eigenvalue weighted by Crippen LogP contribution is 2.23. The van der Waals surface area contributed by atoms with Crippen molar-refractivity contribution in [1.29, 1.82) is 0 Å². The first-order chi connectivity index (χ1) is 8.68. The lowest BCUT2D eigenvalue weighted by Crippen LogP contribution is -2.37. The van der Waals surface area contributed by atoms with Gasteiger partial charge in [-0.15, -0.1) is 0 Å². The third-order valence-corrected chi connectivity index (χ3v) is 3.57. The van der Waals surface area contributed by atoms with Crippen molar-refractivity contribution in [3.05, 3.63) is 23.9 Å². The molecule has 2 unspecified atom stereocenters. The summed E-state index contributed by atoms with van der Waals surface area (Å²) in [5, 5.41) is 3.20. The second-order valence-corrected chi connectivity index (χ2v) is 4.85. The van der Waals surface area contributed by atoms with E-state index in [0.717, 1.165) is 19.4 Å². The summed E-state index contributed by atoms with van der Waals surface area (Å²) in [5.41, 5.74) is 11.8. The van der Waals surface area contributed by atoms with Crippen molar-refractivity contribution in [3.8, 4) is 0 Å². The lowest BCUT2D eigenvalue weighted by Gasteiger charge is -2.28. The average molecular weight is 248 g/mol. The number of hydrogen-bond donors (Lipinski definition) is 3. The zero-order valence-corrected chi connectivity index (χ0v) is 10.4. The molecular formula is C13H20N4O. The van der Waals surface area contributed by atoms with Crippen LogP contribution >= 0.6 is 0 Å². The van der Waals surface area contributed by atoms with E-state index in [-0.39, 0.29) is 6.04 Å². The summed E-state index contributed by atoms with van der Waals surface area (Å²) in [6, 6.07) is 3.63. The predicted molar refractivity (Wildman–Crippen MR) is 71.2 cm³/mol. The molecule has 0 aliphatic heterocycles. The molecule has 1 aromatic heterocycles. The average Bonchev–Trinajstić information content (AvgIpc) is 2.38. The Morgan fingerprint density at radius 3 is 2.94 bits per heavy atom. The van der Waals surface area contributed by atoms with Crippen LogP contribution < -0.4 is 16.8 Å². The molecular weight excluding hydrogens is 228 g/mol. The minimum absolute atomic E-state index is 0.243. The zero-order valence-electron chi connectivity index (χ0n) is 10.4. The molecule has 1 heterocycles. The Labute approximate surface area is 107 Å². The molecule has 1 amide bonds. The van der Waals surface area contributed by atoms with E-state index in [9.17, 15) is 4.79 Å². The first-order valence-electron chi connectivity index (χ1n) is 6.42. The SMILES string of the molecule is NC(=O)c1cccnc1NCC1CCCCC1N. The molecule has 1 aliphatic rings. The number of anilines is 1. The highest BCUT2D eigenvalue weighted by atomic mass is 16.1. The number of amides is 1. The van der Waals surface area contributed by atoms with E-state index < -0.39 is 5.91 Å². The van der Waals surface area contributed by atoms with Crippen LogP contribution in [0.3, 0.4) is 0 Å². The Kier molecular flexibility index (Phi) is 4.15. The van der Waals surface area contributed by atoms with E-state index in [1.165, 1.54) is 12.8 Å². The minimum atomic E-state index is -0.460. The Bertz CT molecular complexity index is 421. The molecule has 98 valence electrons. The van der Waals surface area contributed by atoms with Crippen molar-refractivity contribution in [3.63, 3.8) is 0 Å². The van der Waals surface area contributed by atoms with E-state index in [0.29, 0.717) is 17.3 Å². The standard InChI is InChI=1S/C13H20N4O/c14-11-6-2-1-4-9(11)8-17-13-10(12(15)18)5-3-7-16-13/h3,5,7,9,11H,1-2,4,6,8,14H2,(H2,15,18)(H,16,17). The number of nitrogens with two attached hydrogens (primary N) is 2. The Morgan fingerprint density at radius 1 is 1.44 bits per heavy atom. The molecule has 5 N–H and O–H groups in total. The predicted octanol–water partition coefficient (Wildman–Crippen LogP) is 1.11. The van der Waals surface area contributed by atoms with E-state index in [1.807, 2.05) is 0 Å². The number of carbonyl (C=O) groups excluding carboxylic acids is 1. The Hall–Kier alpha value is -1.62. The Morgan fingerprint density at radius 2 is 2.22 bits per heavy atom. The maximum absolute atomic E-state index is 11.3. The van der Waals surface area contributed by atoms with E-state index in [1.54, 1.807) is 18.3 Å². The van der Waals surface area contributed by atoms with Crippen LogP contribution in [0.5, 0.6) is 0 Å². The minimum Gasteiger partial charge on any atom is -0.369 e. The van der Waals surface area contributed by atoms with Crippen molar-refractivity contribution in [2.24, 2.45) is 17.4 Å². The number of carbonyl (C=O) groups is 1. The summed E-state index contributed by atoms with van der Waals surface area (Å²) in [7, 11) is 0. The zero-order chi connectivity index (χ0) is 13.0. The van der Waals surface area contributed by atoms with Gasteiger partial charge in [0.25, 0.3) is 5.91 Å². The molecule has 5 heteroatoms. The van der Waals surface area contributed by atoms with Crippen molar-refractivity contribution < 1.29 is 4.79 Å². The van der Waals surface area contributed by atoms with Gasteiger partial charge in [-0.1, -0.05) is 12.8 Å². The number of primary amides is 1. The molecule has 1 aromatic rings. The second kappa shape index (κ2) is 5.82. The summed E-state index contributed by atoms with van der Waals surface area (Å²) >= 11 is 0. The molecule has 1 fully saturated rings. The molecule has 0 spiro atoms. The van der Waals surface area contributed by atoms with Crippen LogP contribution in [0.2, 0.25) is 0 Å². The number of rotatable bonds is 4. The normalized spacial score (nSPS) is 23.6. The first kappa shape index (κ1) is 12.8. The monoisotopic (exact) mass is 248 g/mol. The molecule has 2 rings (SSSR count). The third kappa shape index (κ3) is 2.98. The number of hydrogen-bond acceptors (Lipinski definition) is 4. The number of pyridine rings is 1. The van der Waals surface area contributed by atoms with E-state index in [2.05, 4.69) is 10.3 Å². The second-order valence-electron chi connectivity index (χ2n) is 4.85. The van der Waals surface area contributed by atoms with Crippen molar-refractivity contribution in [2.75, 3.05) is 11.9 Å². The molecule has 1 aliphatic carbocycles. The summed E-state index contributed by atoms with van der Waals surface area (Å²) in [6.07, 6.45) is 6.30. The lowest BCUT2D eigenvalue weighted by atomic mass is 9.85. The van der Waals surface area contributed by atoms with Crippen LogP contribution in [0.1, 0.15) is 36.0 Å². The molecule has 2 atom stereocenters. The molecule has 0 aromatic carbocycles. The number of aromatic nitrogens is 1. The fourth-order valence-corrected chi connectivity index (χ4v) is 2.46. The summed E-state index contributed by atoms with van der Waals surface area (Å²) in [6.45, 7) is 0.748. The van der Waals surface area contributed by atoms with E-state index >= 15 is 0 Å². The van der Waals surface area contributed by atoms with Gasteiger partial charge in [-0.2, -0.15) is 0 Å². The van der Waals surface area contributed by atoms with Gasteiger partial charge in [0.15, 0.2) is 0 Å². The fourth-order valence-electron chi connectivity index (χ4n) is 2.46. The van der Waals surface area contributed by atoms with Crippen LogP contribution in [-0.4, -0.2) is 23.5 Å². The fraction of sp³-hybridized carbons (Fsp3) is 0.538. The third-order valence-electron chi connectivity index (χ3n) is 3.57. The molecule has 5 nitrogen and oxygen atoms in total. The van der Waals surface area contributed by atoms with E-state index in [4.69, 9.17) is 11.5 Å². The van der Waals surface area contributed by atoms with Gasteiger partial charge in [-0.25, -0.2) is 4.98 Å². The van der Waals surface area contributed by atoms with Gasteiger partial charge < -0.3 is 16.8 Å². The maximum atomic E-state index is 11.3. The summed E-state index contributed by atoms with van der Waals surface area (Å²) in [5.74, 6) is 0.544. The largest absolute Gasteiger partial charge is 0.369 e. The van der Waals surface area contributed by atoms with Crippen molar-refractivity contribution in [2.45, 2.75) is 31.7 Å². The maximum Gasteiger partial charge on any atom is 0.252 e. The summed E-state index contributed by atoms with van der Waals surface area (Å²) in [4.78, 5) is 15.4. The van der Waals surface area contributed by atoms with Gasteiger partial charge in [-0.05, 0) is 30.9 Å². The molecule has 1 saturated carbocycles. The smallest absolute Gasteiger partial charge is 0.252 e. The van der Waals surface area contributed by atoms with Gasteiger partial charge in [0.1, 0.15) is 5.82 Å². The first-order valence-corrected chi connectivity index (χ1v) is 6.42. The number of nitrogens with one attached hydrogen (secondary N) is 1. The van der Waals surface area contributed by atoms with Gasteiger partial charge in [0.05, 0.1) is 5.56 Å². The highest BCUT2D eigenvalue weighted by molar-refractivity contribution is 5.97. The van der Waals surface area contributed by atoms with Gasteiger partial charge in [-0.3, -0.25) is 4.79 Å². The van der Waals surface area contributed by atoms with Crippen LogP contribution in [0.4, 0.5) is 5.82 Å². The summed E-state index contributed by atoms with van der Waals surface area (Å²) < 4.78 is 0. The molecule has 18 heavy (non-hydrogen) atoms. The van der Waals surface area contributed by atoms with Crippen LogP contribution in [0.25, 0.3) is 0 Å². The molecule has 0 saturated heterocycles. The van der Waals surface area contributed by atoms with Crippen molar-refractivity contribution >= 4 is 11.7 Å². The van der Waals surface area contributed by atoms with Gasteiger partial charge in [0, 0.05) is 18.8 Å². The number of nitrogens with zero attached hydrogens (tertiary/aromatic N) is 1. The Balaban J connectivity index is 1.99. The quantitative estimate of drug-likeness (QED) is 0.744. The molecule has 0 bridgehead atoms. The molecule has 0 radical (unpaired) electrons. The van der Waals surface area contributed by atoms with Crippen molar-refractivity contribution in [1.82, 2.24) is 4.98 Å². The highest BCUT2D eigenvalue weighted by Gasteiger charge is 2.22. The lowest BCUT2D eigenvalue weighted by molar-refractivity contribution is 0.100. The topological polar surface area (TPSA) is 94.0 Å².